The lowest BCUT2D eigenvalue weighted by molar-refractivity contribution is 0.149. The molecular formula is C14H30N2. The van der Waals surface area contributed by atoms with Crippen LogP contribution in [0.3, 0.4) is 0 Å². The van der Waals surface area contributed by atoms with Gasteiger partial charge in [0.1, 0.15) is 0 Å². The van der Waals surface area contributed by atoms with Gasteiger partial charge in [-0.2, -0.15) is 0 Å². The van der Waals surface area contributed by atoms with E-state index in [4.69, 9.17) is 0 Å². The molecule has 0 radical (unpaired) electrons. The van der Waals surface area contributed by atoms with Crippen LogP contribution in [0.15, 0.2) is 0 Å². The number of likely N-dealkylation sites (N-methyl/N-ethyl adjacent to an activating group) is 1. The fourth-order valence-corrected chi connectivity index (χ4v) is 2.81. The van der Waals surface area contributed by atoms with E-state index in [1.54, 1.807) is 0 Å². The largest absolute Gasteiger partial charge is 0.312 e. The summed E-state index contributed by atoms with van der Waals surface area (Å²) in [5.74, 6) is 0. The zero-order valence-corrected chi connectivity index (χ0v) is 11.5. The zero-order chi connectivity index (χ0) is 11.8. The van der Waals surface area contributed by atoms with Crippen LogP contribution in [0.25, 0.3) is 0 Å². The van der Waals surface area contributed by atoms with Crippen molar-refractivity contribution < 1.29 is 0 Å². The van der Waals surface area contributed by atoms with Gasteiger partial charge >= 0.3 is 0 Å². The molecule has 16 heavy (non-hydrogen) atoms. The Balaban J connectivity index is 2.28. The van der Waals surface area contributed by atoms with E-state index in [9.17, 15) is 0 Å². The van der Waals surface area contributed by atoms with Crippen LogP contribution in [-0.4, -0.2) is 36.6 Å². The molecule has 1 heterocycles. The molecule has 1 N–H and O–H groups in total. The second-order valence-corrected chi connectivity index (χ2v) is 5.08. The van der Waals surface area contributed by atoms with Crippen molar-refractivity contribution >= 4 is 0 Å². The molecule has 0 aromatic carbocycles. The number of hydrogen-bond acceptors (Lipinski definition) is 2. The van der Waals surface area contributed by atoms with E-state index in [0.717, 1.165) is 12.1 Å². The second kappa shape index (κ2) is 8.08. The highest BCUT2D eigenvalue weighted by atomic mass is 15.2. The SMILES string of the molecule is CCCC(CC)NCC1CCCCN1CC. The first-order chi connectivity index (χ1) is 7.81. The van der Waals surface area contributed by atoms with Gasteiger partial charge in [-0.15, -0.1) is 0 Å². The molecule has 2 heteroatoms. The van der Waals surface area contributed by atoms with Crippen LogP contribution in [0.5, 0.6) is 0 Å². The molecule has 2 atom stereocenters. The van der Waals surface area contributed by atoms with Crippen molar-refractivity contribution in [3.63, 3.8) is 0 Å². The Labute approximate surface area is 102 Å². The normalized spacial score (nSPS) is 24.6. The van der Waals surface area contributed by atoms with Gasteiger partial charge in [-0.3, -0.25) is 4.90 Å². The molecule has 1 fully saturated rings. The van der Waals surface area contributed by atoms with Gasteiger partial charge in [-0.25, -0.2) is 0 Å². The molecule has 1 aliphatic rings. The van der Waals surface area contributed by atoms with Crippen LogP contribution < -0.4 is 5.32 Å². The van der Waals surface area contributed by atoms with E-state index in [1.807, 2.05) is 0 Å². The average Bonchev–Trinajstić information content (AvgIpc) is 2.34. The second-order valence-electron chi connectivity index (χ2n) is 5.08. The minimum absolute atomic E-state index is 0.741. The summed E-state index contributed by atoms with van der Waals surface area (Å²) in [5, 5.41) is 3.76. The lowest BCUT2D eigenvalue weighted by atomic mass is 10.0. The molecule has 2 unspecified atom stereocenters. The van der Waals surface area contributed by atoms with E-state index < -0.39 is 0 Å². The Morgan fingerprint density at radius 1 is 1.25 bits per heavy atom. The van der Waals surface area contributed by atoms with E-state index in [1.165, 1.54) is 58.2 Å². The first kappa shape index (κ1) is 14.0. The van der Waals surface area contributed by atoms with Crippen LogP contribution in [0.4, 0.5) is 0 Å². The smallest absolute Gasteiger partial charge is 0.0220 e. The maximum atomic E-state index is 3.76. The summed E-state index contributed by atoms with van der Waals surface area (Å²) in [4.78, 5) is 2.65. The Morgan fingerprint density at radius 2 is 2.06 bits per heavy atom. The monoisotopic (exact) mass is 226 g/mol. The van der Waals surface area contributed by atoms with Gasteiger partial charge in [-0.05, 0) is 38.8 Å². The van der Waals surface area contributed by atoms with Gasteiger partial charge in [-0.1, -0.05) is 33.6 Å². The summed E-state index contributed by atoms with van der Waals surface area (Å²) in [6.07, 6.45) is 8.11. The molecule has 0 aromatic rings. The highest BCUT2D eigenvalue weighted by Gasteiger charge is 2.21. The van der Waals surface area contributed by atoms with Gasteiger partial charge in [0.05, 0.1) is 0 Å². The standard InChI is InChI=1S/C14H30N2/c1-4-9-13(5-2)15-12-14-10-7-8-11-16(14)6-3/h13-15H,4-12H2,1-3H3. The van der Waals surface area contributed by atoms with Crippen molar-refractivity contribution in [3.05, 3.63) is 0 Å². The van der Waals surface area contributed by atoms with Crippen molar-refractivity contribution in [2.24, 2.45) is 0 Å². The third-order valence-electron chi connectivity index (χ3n) is 3.93. The minimum atomic E-state index is 0.741. The first-order valence-electron chi connectivity index (χ1n) is 7.29. The van der Waals surface area contributed by atoms with Crippen LogP contribution in [0.1, 0.15) is 59.3 Å². The van der Waals surface area contributed by atoms with Gasteiger partial charge < -0.3 is 5.32 Å². The molecule has 0 aliphatic carbocycles. The van der Waals surface area contributed by atoms with Gasteiger partial charge in [0.25, 0.3) is 0 Å². The maximum Gasteiger partial charge on any atom is 0.0220 e. The van der Waals surface area contributed by atoms with Crippen molar-refractivity contribution in [1.29, 1.82) is 0 Å². The predicted octanol–water partition coefficient (Wildman–Crippen LogP) is 3.03. The summed E-state index contributed by atoms with van der Waals surface area (Å²) in [5.41, 5.74) is 0. The average molecular weight is 226 g/mol. The Kier molecular flexibility index (Phi) is 7.06. The summed E-state index contributed by atoms with van der Waals surface area (Å²) >= 11 is 0. The van der Waals surface area contributed by atoms with Crippen molar-refractivity contribution in [3.8, 4) is 0 Å². The molecule has 2 nitrogen and oxygen atoms in total. The Bertz CT molecular complexity index is 170. The van der Waals surface area contributed by atoms with Crippen LogP contribution in [-0.2, 0) is 0 Å². The quantitative estimate of drug-likeness (QED) is 0.718. The first-order valence-corrected chi connectivity index (χ1v) is 7.29. The maximum absolute atomic E-state index is 3.76. The van der Waals surface area contributed by atoms with E-state index in [0.29, 0.717) is 0 Å². The highest BCUT2D eigenvalue weighted by molar-refractivity contribution is 4.79. The molecule has 0 saturated carbocycles. The van der Waals surface area contributed by atoms with Crippen molar-refractivity contribution in [2.75, 3.05) is 19.6 Å². The molecule has 1 rings (SSSR count). The molecule has 96 valence electrons. The predicted molar refractivity (Wildman–Crippen MR) is 71.9 cm³/mol. The third-order valence-corrected chi connectivity index (χ3v) is 3.93. The number of hydrogen-bond donors (Lipinski definition) is 1. The molecule has 0 spiro atoms. The van der Waals surface area contributed by atoms with Gasteiger partial charge in [0.15, 0.2) is 0 Å². The van der Waals surface area contributed by atoms with E-state index >= 15 is 0 Å². The summed E-state index contributed by atoms with van der Waals surface area (Å²) in [6, 6.07) is 1.54. The van der Waals surface area contributed by atoms with Gasteiger partial charge in [0.2, 0.25) is 0 Å². The fraction of sp³-hybridized carbons (Fsp3) is 1.00. The third kappa shape index (κ3) is 4.42. The molecule has 0 bridgehead atoms. The van der Waals surface area contributed by atoms with Crippen molar-refractivity contribution in [1.82, 2.24) is 10.2 Å². The van der Waals surface area contributed by atoms with Crippen LogP contribution in [0.2, 0.25) is 0 Å². The summed E-state index contributed by atoms with van der Waals surface area (Å²) in [7, 11) is 0. The lowest BCUT2D eigenvalue weighted by Crippen LogP contribution is -2.47. The van der Waals surface area contributed by atoms with Crippen LogP contribution >= 0.6 is 0 Å². The van der Waals surface area contributed by atoms with Crippen LogP contribution in [0, 0.1) is 0 Å². The molecule has 0 amide bonds. The molecule has 1 aliphatic heterocycles. The van der Waals surface area contributed by atoms with E-state index in [-0.39, 0.29) is 0 Å². The zero-order valence-electron chi connectivity index (χ0n) is 11.5. The Hall–Kier alpha value is -0.0800. The molecule has 1 saturated heterocycles. The number of rotatable bonds is 7. The summed E-state index contributed by atoms with van der Waals surface area (Å²) < 4.78 is 0. The highest BCUT2D eigenvalue weighted by Crippen LogP contribution is 2.16. The van der Waals surface area contributed by atoms with Crippen molar-refractivity contribution in [2.45, 2.75) is 71.4 Å². The number of piperidine rings is 1. The van der Waals surface area contributed by atoms with E-state index in [2.05, 4.69) is 31.0 Å². The number of nitrogens with zero attached hydrogens (tertiary/aromatic N) is 1. The number of likely N-dealkylation sites (tertiary alicyclic amines) is 1. The number of nitrogens with one attached hydrogen (secondary N) is 1. The van der Waals surface area contributed by atoms with Gasteiger partial charge in [0, 0.05) is 18.6 Å². The Morgan fingerprint density at radius 3 is 2.69 bits per heavy atom. The molecular weight excluding hydrogens is 196 g/mol. The topological polar surface area (TPSA) is 15.3 Å². The lowest BCUT2D eigenvalue weighted by Gasteiger charge is -2.36. The fourth-order valence-electron chi connectivity index (χ4n) is 2.81. The summed E-state index contributed by atoms with van der Waals surface area (Å²) in [6.45, 7) is 10.6. The minimum Gasteiger partial charge on any atom is -0.312 e. The molecule has 0 aromatic heterocycles.